The van der Waals surface area contributed by atoms with Crippen LogP contribution in [0.15, 0.2) is 53.6 Å². The maximum absolute atomic E-state index is 12.7. The van der Waals surface area contributed by atoms with Gasteiger partial charge in [0.05, 0.1) is 5.69 Å². The number of nitrogens with zero attached hydrogens (tertiary/aromatic N) is 5. The van der Waals surface area contributed by atoms with Crippen LogP contribution in [0.3, 0.4) is 0 Å². The molecule has 29 heavy (non-hydrogen) atoms. The third kappa shape index (κ3) is 3.30. The van der Waals surface area contributed by atoms with E-state index in [1.807, 2.05) is 36.4 Å². The normalized spacial score (nSPS) is 15.2. The van der Waals surface area contributed by atoms with Crippen molar-refractivity contribution in [2.45, 2.75) is 44.7 Å². The molecule has 5 rings (SSSR count). The van der Waals surface area contributed by atoms with Crippen molar-refractivity contribution in [2.75, 3.05) is 0 Å². The average molecular weight is 390 g/mol. The lowest BCUT2D eigenvalue weighted by Gasteiger charge is -2.22. The van der Waals surface area contributed by atoms with E-state index in [1.165, 1.54) is 15.5 Å². The third-order valence-corrected chi connectivity index (χ3v) is 5.53. The summed E-state index contributed by atoms with van der Waals surface area (Å²) in [4.78, 5) is 25.2. The number of carbonyl (C=O) groups excluding carboxylic acids is 1. The van der Waals surface area contributed by atoms with Gasteiger partial charge >= 0.3 is 5.69 Å². The molecule has 3 heterocycles. The largest absolute Gasteiger partial charge is 0.352 e. The van der Waals surface area contributed by atoms with E-state index >= 15 is 0 Å². The summed E-state index contributed by atoms with van der Waals surface area (Å²) in [7, 11) is 0. The molecule has 0 radical (unpaired) electrons. The van der Waals surface area contributed by atoms with Gasteiger partial charge in [0.15, 0.2) is 5.65 Å². The summed E-state index contributed by atoms with van der Waals surface area (Å²) < 4.78 is 4.39. The van der Waals surface area contributed by atoms with Crippen molar-refractivity contribution in [3.63, 3.8) is 0 Å². The highest BCUT2D eigenvalue weighted by molar-refractivity contribution is 5.78. The van der Waals surface area contributed by atoms with Crippen LogP contribution >= 0.6 is 0 Å². The summed E-state index contributed by atoms with van der Waals surface area (Å²) in [5.41, 5.74) is 2.66. The van der Waals surface area contributed by atoms with E-state index in [9.17, 15) is 9.59 Å². The second kappa shape index (κ2) is 7.20. The van der Waals surface area contributed by atoms with Gasteiger partial charge in [0.1, 0.15) is 12.1 Å². The van der Waals surface area contributed by atoms with Gasteiger partial charge in [-0.1, -0.05) is 49.6 Å². The maximum Gasteiger partial charge on any atom is 0.350 e. The molecule has 0 unspecified atom stereocenters. The van der Waals surface area contributed by atoms with Gasteiger partial charge in [-0.2, -0.15) is 5.10 Å². The van der Waals surface area contributed by atoms with E-state index < -0.39 is 0 Å². The van der Waals surface area contributed by atoms with Crippen LogP contribution in [0.1, 0.15) is 32.1 Å². The smallest absolute Gasteiger partial charge is 0.350 e. The van der Waals surface area contributed by atoms with Crippen LogP contribution < -0.4 is 11.0 Å². The van der Waals surface area contributed by atoms with Crippen LogP contribution in [0.4, 0.5) is 0 Å². The fourth-order valence-corrected chi connectivity index (χ4v) is 4.04. The Labute approximate surface area is 166 Å². The SMILES string of the molecule is O=C(Cn1nc2c3cc(-c4ccccc4)nn3ccn2c1=O)NC1CCCCC1. The van der Waals surface area contributed by atoms with Crippen molar-refractivity contribution in [2.24, 2.45) is 0 Å². The summed E-state index contributed by atoms with van der Waals surface area (Å²) in [6, 6.07) is 12.0. The van der Waals surface area contributed by atoms with Gasteiger partial charge in [-0.05, 0) is 18.9 Å². The monoisotopic (exact) mass is 390 g/mol. The Hall–Kier alpha value is -3.42. The molecule has 0 saturated heterocycles. The zero-order valence-corrected chi connectivity index (χ0v) is 16.0. The number of benzene rings is 1. The van der Waals surface area contributed by atoms with E-state index in [2.05, 4.69) is 15.5 Å². The molecular formula is C21H22N6O2. The molecule has 8 heteroatoms. The molecule has 148 valence electrons. The van der Waals surface area contributed by atoms with Crippen LogP contribution in [0, 0.1) is 0 Å². The molecule has 4 aromatic rings. The Kier molecular flexibility index (Phi) is 4.38. The molecule has 0 aliphatic heterocycles. The summed E-state index contributed by atoms with van der Waals surface area (Å²) >= 11 is 0. The summed E-state index contributed by atoms with van der Waals surface area (Å²) in [5, 5.41) is 12.0. The summed E-state index contributed by atoms with van der Waals surface area (Å²) in [6.07, 6.45) is 8.88. The van der Waals surface area contributed by atoms with E-state index in [0.29, 0.717) is 5.65 Å². The standard InChI is InChI=1S/C21H22N6O2/c28-19(22-16-9-5-2-6-10-16)14-27-21(29)25-11-12-26-18(20(25)24-27)13-17(23-26)15-7-3-1-4-8-15/h1,3-4,7-8,11-13,16H,2,5-6,9-10,14H2,(H,22,28). The zero-order chi connectivity index (χ0) is 19.8. The highest BCUT2D eigenvalue weighted by Crippen LogP contribution is 2.21. The lowest BCUT2D eigenvalue weighted by atomic mass is 9.95. The fraction of sp³-hybridized carbons (Fsp3) is 0.333. The summed E-state index contributed by atoms with van der Waals surface area (Å²) in [5.74, 6) is -0.170. The predicted molar refractivity (Wildman–Crippen MR) is 109 cm³/mol. The van der Waals surface area contributed by atoms with Gasteiger partial charge in [-0.25, -0.2) is 18.4 Å². The Balaban J connectivity index is 1.47. The molecule has 1 aliphatic carbocycles. The van der Waals surface area contributed by atoms with Crippen LogP contribution in [0.5, 0.6) is 0 Å². The molecule has 3 aromatic heterocycles. The van der Waals surface area contributed by atoms with Crippen LogP contribution in [0.25, 0.3) is 22.4 Å². The molecule has 0 spiro atoms. The highest BCUT2D eigenvalue weighted by Gasteiger charge is 2.18. The van der Waals surface area contributed by atoms with Gasteiger partial charge in [-0.15, -0.1) is 5.10 Å². The van der Waals surface area contributed by atoms with Gasteiger partial charge in [0.2, 0.25) is 5.91 Å². The second-order valence-corrected chi connectivity index (χ2v) is 7.56. The van der Waals surface area contributed by atoms with E-state index in [-0.39, 0.29) is 24.2 Å². The van der Waals surface area contributed by atoms with Crippen molar-refractivity contribution in [3.05, 3.63) is 59.3 Å². The Morgan fingerprint density at radius 1 is 1.07 bits per heavy atom. The van der Waals surface area contributed by atoms with Gasteiger partial charge in [0, 0.05) is 24.0 Å². The molecule has 1 saturated carbocycles. The minimum Gasteiger partial charge on any atom is -0.352 e. The number of hydrogen-bond donors (Lipinski definition) is 1. The lowest BCUT2D eigenvalue weighted by molar-refractivity contribution is -0.122. The molecule has 1 amide bonds. The first-order chi connectivity index (χ1) is 14.2. The highest BCUT2D eigenvalue weighted by atomic mass is 16.2. The molecule has 1 fully saturated rings. The average Bonchev–Trinajstić information content (AvgIpc) is 3.31. The molecule has 0 atom stereocenters. The van der Waals surface area contributed by atoms with Crippen molar-refractivity contribution in [1.82, 2.24) is 29.1 Å². The maximum atomic E-state index is 12.7. The Bertz CT molecular complexity index is 1230. The topological polar surface area (TPSA) is 85.7 Å². The fourth-order valence-electron chi connectivity index (χ4n) is 4.04. The Morgan fingerprint density at radius 3 is 2.66 bits per heavy atom. The lowest BCUT2D eigenvalue weighted by Crippen LogP contribution is -2.40. The van der Waals surface area contributed by atoms with E-state index in [0.717, 1.165) is 42.5 Å². The van der Waals surface area contributed by atoms with Gasteiger partial charge in [-0.3, -0.25) is 4.79 Å². The second-order valence-electron chi connectivity index (χ2n) is 7.56. The van der Waals surface area contributed by atoms with Crippen molar-refractivity contribution >= 4 is 17.1 Å². The number of aromatic nitrogens is 5. The number of carbonyl (C=O) groups is 1. The first-order valence-electron chi connectivity index (χ1n) is 10.0. The number of nitrogens with one attached hydrogen (secondary N) is 1. The van der Waals surface area contributed by atoms with E-state index in [1.54, 1.807) is 16.9 Å². The van der Waals surface area contributed by atoms with Crippen LogP contribution in [0.2, 0.25) is 0 Å². The Morgan fingerprint density at radius 2 is 1.86 bits per heavy atom. The minimum absolute atomic E-state index is 0.0805. The van der Waals surface area contributed by atoms with Gasteiger partial charge < -0.3 is 5.32 Å². The molecule has 0 bridgehead atoms. The minimum atomic E-state index is -0.330. The zero-order valence-electron chi connectivity index (χ0n) is 16.0. The van der Waals surface area contributed by atoms with Crippen molar-refractivity contribution in [1.29, 1.82) is 0 Å². The first kappa shape index (κ1) is 17.7. The quantitative estimate of drug-likeness (QED) is 0.579. The molecule has 1 N–H and O–H groups in total. The van der Waals surface area contributed by atoms with Crippen molar-refractivity contribution in [3.8, 4) is 11.3 Å². The summed E-state index contributed by atoms with van der Waals surface area (Å²) in [6.45, 7) is -0.0805. The van der Waals surface area contributed by atoms with Gasteiger partial charge in [0.25, 0.3) is 0 Å². The third-order valence-electron chi connectivity index (χ3n) is 5.53. The number of amides is 1. The predicted octanol–water partition coefficient (Wildman–Crippen LogP) is 2.26. The number of rotatable bonds is 4. The number of fused-ring (bicyclic) bond motifs is 3. The molecule has 8 nitrogen and oxygen atoms in total. The van der Waals surface area contributed by atoms with Crippen molar-refractivity contribution < 1.29 is 4.79 Å². The molecule has 1 aliphatic rings. The number of hydrogen-bond acceptors (Lipinski definition) is 4. The first-order valence-corrected chi connectivity index (χ1v) is 10.0. The van der Waals surface area contributed by atoms with E-state index in [4.69, 9.17) is 0 Å². The van der Waals surface area contributed by atoms with Crippen LogP contribution in [-0.4, -0.2) is 35.7 Å². The molecule has 1 aromatic carbocycles. The van der Waals surface area contributed by atoms with Crippen LogP contribution in [-0.2, 0) is 11.3 Å². The molecular weight excluding hydrogens is 368 g/mol.